The first-order valence-electron chi connectivity index (χ1n) is 6.22. The minimum Gasteiger partial charge on any atom is -0.394 e. The van der Waals surface area contributed by atoms with E-state index in [1.807, 2.05) is 6.92 Å². The van der Waals surface area contributed by atoms with Gasteiger partial charge in [0, 0.05) is 6.42 Å². The summed E-state index contributed by atoms with van der Waals surface area (Å²) in [5.41, 5.74) is 0. The molecule has 1 saturated heterocycles. The molecular formula is C12H24O4. The molecule has 0 aromatic rings. The molecule has 0 aromatic heterocycles. The molecule has 4 heteroatoms. The second-order valence-corrected chi connectivity index (χ2v) is 4.66. The van der Waals surface area contributed by atoms with Crippen LogP contribution in [0.4, 0.5) is 0 Å². The van der Waals surface area contributed by atoms with Crippen molar-refractivity contribution < 1.29 is 19.7 Å². The summed E-state index contributed by atoms with van der Waals surface area (Å²) in [4.78, 5) is 0. The van der Waals surface area contributed by atoms with E-state index in [4.69, 9.17) is 14.6 Å². The Morgan fingerprint density at radius 2 is 2.12 bits per heavy atom. The van der Waals surface area contributed by atoms with Gasteiger partial charge in [0.25, 0.3) is 0 Å². The Bertz CT molecular complexity index is 197. The first-order chi connectivity index (χ1) is 7.61. The van der Waals surface area contributed by atoms with Crippen LogP contribution in [0, 0.1) is 0 Å². The lowest BCUT2D eigenvalue weighted by Gasteiger charge is -2.24. The Balaban J connectivity index is 2.26. The molecule has 1 heterocycles. The lowest BCUT2D eigenvalue weighted by molar-refractivity contribution is -0.172. The summed E-state index contributed by atoms with van der Waals surface area (Å²) in [6, 6.07) is 0. The Morgan fingerprint density at radius 3 is 2.75 bits per heavy atom. The Kier molecular flexibility index (Phi) is 5.69. The molecule has 96 valence electrons. The van der Waals surface area contributed by atoms with Gasteiger partial charge < -0.3 is 19.7 Å². The van der Waals surface area contributed by atoms with Gasteiger partial charge in [0.2, 0.25) is 0 Å². The van der Waals surface area contributed by atoms with Gasteiger partial charge in [0.1, 0.15) is 12.2 Å². The van der Waals surface area contributed by atoms with Crippen molar-refractivity contribution in [1.29, 1.82) is 0 Å². The maximum Gasteiger partial charge on any atom is 0.166 e. The average Bonchev–Trinajstić information content (AvgIpc) is 2.67. The van der Waals surface area contributed by atoms with Crippen LogP contribution in [0.5, 0.6) is 0 Å². The van der Waals surface area contributed by atoms with Gasteiger partial charge in [-0.3, -0.25) is 0 Å². The van der Waals surface area contributed by atoms with E-state index in [1.54, 1.807) is 0 Å². The van der Waals surface area contributed by atoms with E-state index in [1.165, 1.54) is 19.3 Å². The predicted molar refractivity (Wildman–Crippen MR) is 61.1 cm³/mol. The van der Waals surface area contributed by atoms with Gasteiger partial charge in [-0.15, -0.1) is 0 Å². The number of aliphatic hydroxyl groups is 2. The molecule has 4 nitrogen and oxygen atoms in total. The minimum atomic E-state index is -0.836. The molecule has 0 spiro atoms. The molecule has 1 aliphatic rings. The highest BCUT2D eigenvalue weighted by Gasteiger charge is 2.39. The quantitative estimate of drug-likeness (QED) is 0.652. The Morgan fingerprint density at radius 1 is 1.38 bits per heavy atom. The largest absolute Gasteiger partial charge is 0.394 e. The molecule has 1 rings (SSSR count). The molecular weight excluding hydrogens is 208 g/mol. The number of unbranched alkanes of at least 4 members (excludes halogenated alkanes) is 3. The zero-order valence-electron chi connectivity index (χ0n) is 10.3. The van der Waals surface area contributed by atoms with Crippen LogP contribution < -0.4 is 0 Å². The highest BCUT2D eigenvalue weighted by atomic mass is 16.7. The fourth-order valence-corrected chi connectivity index (χ4v) is 1.96. The van der Waals surface area contributed by atoms with Gasteiger partial charge in [-0.05, 0) is 13.3 Å². The van der Waals surface area contributed by atoms with Crippen molar-refractivity contribution in [2.45, 2.75) is 63.9 Å². The van der Waals surface area contributed by atoms with Crippen LogP contribution in [0.1, 0.15) is 46.0 Å². The molecule has 3 unspecified atom stereocenters. The topological polar surface area (TPSA) is 58.9 Å². The third-order valence-corrected chi connectivity index (χ3v) is 3.05. The van der Waals surface area contributed by atoms with Gasteiger partial charge in [-0.1, -0.05) is 26.2 Å². The van der Waals surface area contributed by atoms with E-state index >= 15 is 0 Å². The van der Waals surface area contributed by atoms with Crippen molar-refractivity contribution in [3.8, 4) is 0 Å². The third-order valence-electron chi connectivity index (χ3n) is 3.05. The zero-order valence-corrected chi connectivity index (χ0v) is 10.3. The molecule has 0 aliphatic carbocycles. The SMILES string of the molecule is CCCCCCC1(C)OCC(C(O)CO)O1. The smallest absolute Gasteiger partial charge is 0.166 e. The second-order valence-electron chi connectivity index (χ2n) is 4.66. The molecule has 1 aliphatic heterocycles. The van der Waals surface area contributed by atoms with Crippen LogP contribution in [-0.2, 0) is 9.47 Å². The fraction of sp³-hybridized carbons (Fsp3) is 1.00. The summed E-state index contributed by atoms with van der Waals surface area (Å²) in [6.07, 6.45) is 4.34. The monoisotopic (exact) mass is 232 g/mol. The van der Waals surface area contributed by atoms with Gasteiger partial charge in [0.15, 0.2) is 5.79 Å². The minimum absolute atomic E-state index is 0.278. The fourth-order valence-electron chi connectivity index (χ4n) is 1.96. The first-order valence-corrected chi connectivity index (χ1v) is 6.22. The standard InChI is InChI=1S/C12H24O4/c1-3-4-5-6-7-12(2)15-9-11(16-12)10(14)8-13/h10-11,13-14H,3-9H2,1-2H3. The van der Waals surface area contributed by atoms with Crippen molar-refractivity contribution in [3.63, 3.8) is 0 Å². The Hall–Kier alpha value is -0.160. The first kappa shape index (κ1) is 13.9. The Labute approximate surface area is 97.6 Å². The van der Waals surface area contributed by atoms with Crippen LogP contribution in [0.3, 0.4) is 0 Å². The highest BCUT2D eigenvalue weighted by Crippen LogP contribution is 2.30. The van der Waals surface area contributed by atoms with Crippen molar-refractivity contribution >= 4 is 0 Å². The van der Waals surface area contributed by atoms with E-state index in [0.717, 1.165) is 12.8 Å². The van der Waals surface area contributed by atoms with Crippen LogP contribution in [0.25, 0.3) is 0 Å². The summed E-state index contributed by atoms with van der Waals surface area (Å²) in [7, 11) is 0. The van der Waals surface area contributed by atoms with Crippen molar-refractivity contribution in [2.75, 3.05) is 13.2 Å². The highest BCUT2D eigenvalue weighted by molar-refractivity contribution is 4.79. The summed E-state index contributed by atoms with van der Waals surface area (Å²) >= 11 is 0. The van der Waals surface area contributed by atoms with Gasteiger partial charge >= 0.3 is 0 Å². The lowest BCUT2D eigenvalue weighted by Crippen LogP contribution is -2.34. The average molecular weight is 232 g/mol. The van der Waals surface area contributed by atoms with Crippen LogP contribution in [-0.4, -0.2) is 41.4 Å². The van der Waals surface area contributed by atoms with Crippen LogP contribution >= 0.6 is 0 Å². The van der Waals surface area contributed by atoms with Crippen molar-refractivity contribution in [2.24, 2.45) is 0 Å². The molecule has 16 heavy (non-hydrogen) atoms. The van der Waals surface area contributed by atoms with Crippen molar-refractivity contribution in [1.82, 2.24) is 0 Å². The summed E-state index contributed by atoms with van der Waals surface area (Å²) in [5.74, 6) is -0.575. The maximum atomic E-state index is 9.44. The van der Waals surface area contributed by atoms with Gasteiger partial charge in [-0.2, -0.15) is 0 Å². The molecule has 0 bridgehead atoms. The lowest BCUT2D eigenvalue weighted by atomic mass is 10.1. The van der Waals surface area contributed by atoms with E-state index in [9.17, 15) is 5.11 Å². The molecule has 0 saturated carbocycles. The molecule has 2 N–H and O–H groups in total. The van der Waals surface area contributed by atoms with E-state index in [0.29, 0.717) is 6.61 Å². The number of ether oxygens (including phenoxy) is 2. The summed E-state index contributed by atoms with van der Waals surface area (Å²) < 4.78 is 11.2. The summed E-state index contributed by atoms with van der Waals surface area (Å²) in [5, 5.41) is 18.3. The molecule has 3 atom stereocenters. The zero-order chi connectivity index (χ0) is 12.0. The van der Waals surface area contributed by atoms with E-state index in [2.05, 4.69) is 6.92 Å². The predicted octanol–water partition coefficient (Wildman–Crippen LogP) is 1.44. The number of hydrogen-bond donors (Lipinski definition) is 2. The summed E-state index contributed by atoms with van der Waals surface area (Å²) in [6.45, 7) is 4.17. The van der Waals surface area contributed by atoms with Crippen LogP contribution in [0.15, 0.2) is 0 Å². The number of rotatable bonds is 7. The second kappa shape index (κ2) is 6.55. The van der Waals surface area contributed by atoms with Crippen LogP contribution in [0.2, 0.25) is 0 Å². The van der Waals surface area contributed by atoms with Gasteiger partial charge in [-0.25, -0.2) is 0 Å². The van der Waals surface area contributed by atoms with Crippen molar-refractivity contribution in [3.05, 3.63) is 0 Å². The number of hydrogen-bond acceptors (Lipinski definition) is 4. The molecule has 1 fully saturated rings. The normalized spacial score (nSPS) is 31.9. The van der Waals surface area contributed by atoms with Gasteiger partial charge in [0.05, 0.1) is 13.2 Å². The number of aliphatic hydroxyl groups excluding tert-OH is 2. The van der Waals surface area contributed by atoms with E-state index in [-0.39, 0.29) is 12.7 Å². The third kappa shape index (κ3) is 4.01. The van der Waals surface area contributed by atoms with E-state index < -0.39 is 11.9 Å². The molecule has 0 aromatic carbocycles. The molecule has 0 radical (unpaired) electrons. The molecule has 0 amide bonds. The maximum absolute atomic E-state index is 9.44.